The molecule has 2 aromatic heterocycles. The molecule has 1 aliphatic heterocycles. The predicted molar refractivity (Wildman–Crippen MR) is 118 cm³/mol. The molecule has 8 heteroatoms. The second kappa shape index (κ2) is 10.9. The van der Waals surface area contributed by atoms with E-state index in [1.807, 2.05) is 25.1 Å². The van der Waals surface area contributed by atoms with E-state index < -0.39 is 5.60 Å². The minimum Gasteiger partial charge on any atom is -0.469 e. The number of ether oxygens (including phenoxy) is 1. The van der Waals surface area contributed by atoms with Gasteiger partial charge in [-0.25, -0.2) is 4.99 Å². The van der Waals surface area contributed by atoms with Gasteiger partial charge >= 0.3 is 0 Å². The zero-order valence-corrected chi connectivity index (χ0v) is 18.8. The van der Waals surface area contributed by atoms with Crippen molar-refractivity contribution in [3.63, 3.8) is 0 Å². The fourth-order valence-electron chi connectivity index (χ4n) is 2.95. The molecule has 28 heavy (non-hydrogen) atoms. The minimum atomic E-state index is -1.17. The highest BCUT2D eigenvalue weighted by Gasteiger charge is 2.27. The number of nitrogens with zero attached hydrogens (tertiary/aromatic N) is 1. The number of rotatable bonds is 8. The van der Waals surface area contributed by atoms with Gasteiger partial charge in [-0.15, -0.1) is 24.0 Å². The van der Waals surface area contributed by atoms with Crippen LogP contribution in [0.1, 0.15) is 30.6 Å². The second-order valence-electron chi connectivity index (χ2n) is 7.22. The molecule has 2 atom stereocenters. The van der Waals surface area contributed by atoms with Crippen LogP contribution in [0.25, 0.3) is 0 Å². The molecule has 156 valence electrons. The van der Waals surface area contributed by atoms with Crippen molar-refractivity contribution >= 4 is 29.9 Å². The number of hydrogen-bond donors (Lipinski definition) is 3. The molecule has 1 saturated heterocycles. The lowest BCUT2D eigenvalue weighted by Crippen LogP contribution is -2.42. The van der Waals surface area contributed by atoms with E-state index in [4.69, 9.17) is 13.6 Å². The number of halogens is 1. The van der Waals surface area contributed by atoms with Gasteiger partial charge in [0.2, 0.25) is 0 Å². The Hall–Kier alpha value is -1.52. The highest BCUT2D eigenvalue weighted by Crippen LogP contribution is 2.23. The molecular formula is C20H30IN3O4. The summed E-state index contributed by atoms with van der Waals surface area (Å²) in [5.74, 6) is 3.35. The first-order valence-electron chi connectivity index (χ1n) is 9.44. The van der Waals surface area contributed by atoms with Crippen LogP contribution in [0.3, 0.4) is 0 Å². The Morgan fingerprint density at radius 2 is 2.18 bits per heavy atom. The van der Waals surface area contributed by atoms with E-state index in [0.29, 0.717) is 24.2 Å². The van der Waals surface area contributed by atoms with E-state index in [9.17, 15) is 5.11 Å². The van der Waals surface area contributed by atoms with Crippen molar-refractivity contribution in [2.75, 3.05) is 32.8 Å². The summed E-state index contributed by atoms with van der Waals surface area (Å²) in [4.78, 5) is 4.57. The first kappa shape index (κ1) is 22.8. The summed E-state index contributed by atoms with van der Waals surface area (Å²) < 4.78 is 16.4. The van der Waals surface area contributed by atoms with Crippen molar-refractivity contribution in [2.45, 2.75) is 32.3 Å². The standard InChI is InChI=1S/C20H29N3O4.HI/c1-15-5-6-18(27-15)20(2,24)14-23-19(22-12-16-8-11-25-13-16)21-9-7-17-4-3-10-26-17;/h3-6,10,16,24H,7-9,11-14H2,1-2H3,(H2,21,22,23);1H. The van der Waals surface area contributed by atoms with Crippen LogP contribution in [0.5, 0.6) is 0 Å². The molecule has 2 unspecified atom stereocenters. The molecule has 1 aliphatic rings. The Morgan fingerprint density at radius 3 is 2.82 bits per heavy atom. The summed E-state index contributed by atoms with van der Waals surface area (Å²) in [7, 11) is 0. The van der Waals surface area contributed by atoms with Crippen molar-refractivity contribution in [3.05, 3.63) is 47.8 Å². The van der Waals surface area contributed by atoms with Crippen LogP contribution in [-0.2, 0) is 16.8 Å². The number of nitrogens with one attached hydrogen (secondary N) is 2. The molecule has 1 fully saturated rings. The lowest BCUT2D eigenvalue weighted by atomic mass is 10.0. The van der Waals surface area contributed by atoms with Gasteiger partial charge in [-0.1, -0.05) is 0 Å². The van der Waals surface area contributed by atoms with Crippen molar-refractivity contribution in [3.8, 4) is 0 Å². The zero-order valence-electron chi connectivity index (χ0n) is 16.4. The number of guanidine groups is 1. The normalized spacial score (nSPS) is 19.1. The van der Waals surface area contributed by atoms with Gasteiger partial charge in [0.1, 0.15) is 22.9 Å². The second-order valence-corrected chi connectivity index (χ2v) is 7.22. The lowest BCUT2D eigenvalue weighted by molar-refractivity contribution is 0.0428. The maximum Gasteiger partial charge on any atom is 0.191 e. The number of aryl methyl sites for hydroxylation is 1. The van der Waals surface area contributed by atoms with E-state index in [-0.39, 0.29) is 30.5 Å². The fourth-order valence-corrected chi connectivity index (χ4v) is 2.95. The number of aliphatic hydroxyl groups is 1. The summed E-state index contributed by atoms with van der Waals surface area (Å²) in [6, 6.07) is 7.46. The number of hydrogen-bond acceptors (Lipinski definition) is 5. The summed E-state index contributed by atoms with van der Waals surface area (Å²) >= 11 is 0. The Labute approximate surface area is 182 Å². The Kier molecular flexibility index (Phi) is 8.84. The molecule has 0 bridgehead atoms. The Balaban J connectivity index is 0.00000280. The third-order valence-electron chi connectivity index (χ3n) is 4.64. The first-order valence-corrected chi connectivity index (χ1v) is 9.44. The van der Waals surface area contributed by atoms with E-state index in [2.05, 4.69) is 15.6 Å². The largest absolute Gasteiger partial charge is 0.469 e. The van der Waals surface area contributed by atoms with Crippen molar-refractivity contribution < 1.29 is 18.7 Å². The minimum absolute atomic E-state index is 0. The van der Waals surface area contributed by atoms with Gasteiger partial charge in [0.05, 0.1) is 19.4 Å². The molecule has 7 nitrogen and oxygen atoms in total. The van der Waals surface area contributed by atoms with Gasteiger partial charge < -0.3 is 29.3 Å². The molecule has 0 aromatic carbocycles. The lowest BCUT2D eigenvalue weighted by Gasteiger charge is -2.20. The Bertz CT molecular complexity index is 722. The number of aliphatic imine (C=N–C) groups is 1. The van der Waals surface area contributed by atoms with Gasteiger partial charge in [0, 0.05) is 32.0 Å². The smallest absolute Gasteiger partial charge is 0.191 e. The average Bonchev–Trinajstić information content (AvgIpc) is 3.39. The topological polar surface area (TPSA) is 92.2 Å². The van der Waals surface area contributed by atoms with E-state index >= 15 is 0 Å². The summed E-state index contributed by atoms with van der Waals surface area (Å²) in [5.41, 5.74) is -1.17. The third-order valence-corrected chi connectivity index (χ3v) is 4.64. The van der Waals surface area contributed by atoms with Crippen LogP contribution >= 0.6 is 24.0 Å². The molecule has 0 radical (unpaired) electrons. The van der Waals surface area contributed by atoms with Crippen LogP contribution in [0, 0.1) is 12.8 Å². The fraction of sp³-hybridized carbons (Fsp3) is 0.550. The van der Waals surface area contributed by atoms with E-state index in [1.54, 1.807) is 19.3 Å². The van der Waals surface area contributed by atoms with Gasteiger partial charge in [-0.3, -0.25) is 0 Å². The molecular weight excluding hydrogens is 473 g/mol. The zero-order chi connectivity index (χ0) is 19.1. The van der Waals surface area contributed by atoms with Crippen molar-refractivity contribution in [1.29, 1.82) is 0 Å². The molecule has 3 N–H and O–H groups in total. The van der Waals surface area contributed by atoms with Gasteiger partial charge in [0.15, 0.2) is 5.96 Å². The molecule has 2 aromatic rings. The predicted octanol–water partition coefficient (Wildman–Crippen LogP) is 2.82. The van der Waals surface area contributed by atoms with Gasteiger partial charge in [-0.2, -0.15) is 0 Å². The van der Waals surface area contributed by atoms with Crippen LogP contribution in [-0.4, -0.2) is 43.9 Å². The molecule has 0 spiro atoms. The van der Waals surface area contributed by atoms with Crippen LogP contribution in [0.2, 0.25) is 0 Å². The van der Waals surface area contributed by atoms with E-state index in [0.717, 1.165) is 44.1 Å². The van der Waals surface area contributed by atoms with Crippen LogP contribution in [0.4, 0.5) is 0 Å². The highest BCUT2D eigenvalue weighted by molar-refractivity contribution is 14.0. The maximum absolute atomic E-state index is 10.7. The third kappa shape index (κ3) is 6.82. The summed E-state index contributed by atoms with van der Waals surface area (Å²) in [5, 5.41) is 17.4. The monoisotopic (exact) mass is 503 g/mol. The van der Waals surface area contributed by atoms with Crippen LogP contribution in [0.15, 0.2) is 44.4 Å². The molecule has 0 saturated carbocycles. The Morgan fingerprint density at radius 1 is 1.32 bits per heavy atom. The van der Waals surface area contributed by atoms with E-state index in [1.165, 1.54) is 0 Å². The average molecular weight is 503 g/mol. The SMILES string of the molecule is Cc1ccc(C(C)(O)CN=C(NCCc2ccco2)NCC2CCOC2)o1.I. The molecule has 3 heterocycles. The van der Waals surface area contributed by atoms with Crippen LogP contribution < -0.4 is 10.6 Å². The summed E-state index contributed by atoms with van der Waals surface area (Å²) in [6.45, 7) is 6.82. The summed E-state index contributed by atoms with van der Waals surface area (Å²) in [6.07, 6.45) is 3.48. The van der Waals surface area contributed by atoms with Crippen molar-refractivity contribution in [1.82, 2.24) is 10.6 Å². The van der Waals surface area contributed by atoms with Gasteiger partial charge in [0.25, 0.3) is 0 Å². The molecule has 0 amide bonds. The highest BCUT2D eigenvalue weighted by atomic mass is 127. The first-order chi connectivity index (χ1) is 13.0. The molecule has 3 rings (SSSR count). The molecule has 0 aliphatic carbocycles. The van der Waals surface area contributed by atoms with Crippen molar-refractivity contribution in [2.24, 2.45) is 10.9 Å². The maximum atomic E-state index is 10.7. The number of furan rings is 2. The quantitative estimate of drug-likeness (QED) is 0.292. The van der Waals surface area contributed by atoms with Gasteiger partial charge in [-0.05, 0) is 44.5 Å².